The van der Waals surface area contributed by atoms with E-state index in [-0.39, 0.29) is 5.97 Å². The first-order valence-corrected chi connectivity index (χ1v) is 4.97. The number of terminal acetylenes is 1. The highest BCUT2D eigenvalue weighted by atomic mass is 16.5. The molecule has 0 atom stereocenters. The molecule has 0 aliphatic heterocycles. The van der Waals surface area contributed by atoms with Gasteiger partial charge in [0.25, 0.3) is 0 Å². The summed E-state index contributed by atoms with van der Waals surface area (Å²) in [6.45, 7) is 2.19. The van der Waals surface area contributed by atoms with Gasteiger partial charge in [0, 0.05) is 6.42 Å². The Labute approximate surface area is 90.3 Å². The van der Waals surface area contributed by atoms with Gasteiger partial charge in [0.05, 0.1) is 12.2 Å². The molecule has 0 aliphatic carbocycles. The summed E-state index contributed by atoms with van der Waals surface area (Å²) >= 11 is 0. The molecule has 0 radical (unpaired) electrons. The first-order valence-electron chi connectivity index (χ1n) is 4.97. The number of rotatable bonds is 4. The summed E-state index contributed by atoms with van der Waals surface area (Å²) < 4.78 is 4.91. The second kappa shape index (κ2) is 5.87. The fourth-order valence-electron chi connectivity index (χ4n) is 1.28. The van der Waals surface area contributed by atoms with Crippen LogP contribution in [0, 0.1) is 12.3 Å². The number of hydrogen-bond acceptors (Lipinski definition) is 2. The van der Waals surface area contributed by atoms with E-state index in [1.807, 2.05) is 18.2 Å². The van der Waals surface area contributed by atoms with Gasteiger partial charge < -0.3 is 4.74 Å². The number of hydrogen-bond donors (Lipinski definition) is 0. The molecule has 15 heavy (non-hydrogen) atoms. The van der Waals surface area contributed by atoms with E-state index in [0.29, 0.717) is 18.6 Å². The molecule has 0 saturated carbocycles. The Balaban J connectivity index is 2.74. The van der Waals surface area contributed by atoms with Gasteiger partial charge in [-0.25, -0.2) is 4.79 Å². The molecule has 0 heterocycles. The van der Waals surface area contributed by atoms with Crippen LogP contribution in [0.2, 0.25) is 0 Å². The van der Waals surface area contributed by atoms with E-state index in [9.17, 15) is 4.79 Å². The molecule has 1 aromatic rings. The van der Waals surface area contributed by atoms with Crippen LogP contribution in [0.3, 0.4) is 0 Å². The van der Waals surface area contributed by atoms with E-state index in [2.05, 4.69) is 5.92 Å². The van der Waals surface area contributed by atoms with Crippen molar-refractivity contribution in [3.05, 3.63) is 35.4 Å². The maximum Gasteiger partial charge on any atom is 0.338 e. The SMILES string of the molecule is C#CCCc1cccc(C(=O)OCC)c1. The van der Waals surface area contributed by atoms with Crippen LogP contribution in [0.1, 0.15) is 29.3 Å². The van der Waals surface area contributed by atoms with Crippen LogP contribution in [-0.2, 0) is 11.2 Å². The molecule has 2 nitrogen and oxygen atoms in total. The fourth-order valence-corrected chi connectivity index (χ4v) is 1.28. The molecule has 1 rings (SSSR count). The Kier molecular flexibility index (Phi) is 4.43. The zero-order chi connectivity index (χ0) is 11.1. The summed E-state index contributed by atoms with van der Waals surface area (Å²) in [7, 11) is 0. The van der Waals surface area contributed by atoms with Crippen molar-refractivity contribution < 1.29 is 9.53 Å². The molecule has 0 aliphatic rings. The largest absolute Gasteiger partial charge is 0.462 e. The summed E-state index contributed by atoms with van der Waals surface area (Å²) in [6.07, 6.45) is 6.66. The number of carbonyl (C=O) groups excluding carboxylic acids is 1. The van der Waals surface area contributed by atoms with Crippen molar-refractivity contribution in [1.29, 1.82) is 0 Å². The lowest BCUT2D eigenvalue weighted by molar-refractivity contribution is 0.0526. The average Bonchev–Trinajstić information content (AvgIpc) is 2.27. The van der Waals surface area contributed by atoms with Crippen molar-refractivity contribution in [2.75, 3.05) is 6.61 Å². The van der Waals surface area contributed by atoms with Crippen molar-refractivity contribution in [3.8, 4) is 12.3 Å². The van der Waals surface area contributed by atoms with Crippen LogP contribution < -0.4 is 0 Å². The molecule has 0 amide bonds. The number of benzene rings is 1. The third-order valence-corrected chi connectivity index (χ3v) is 2.00. The molecule has 0 fully saturated rings. The maximum absolute atomic E-state index is 11.4. The Morgan fingerprint density at radius 1 is 1.53 bits per heavy atom. The van der Waals surface area contributed by atoms with Gasteiger partial charge in [-0.15, -0.1) is 12.3 Å². The monoisotopic (exact) mass is 202 g/mol. The third-order valence-electron chi connectivity index (χ3n) is 2.00. The molecule has 78 valence electrons. The van der Waals surface area contributed by atoms with Crippen molar-refractivity contribution in [1.82, 2.24) is 0 Å². The first kappa shape index (κ1) is 11.3. The van der Waals surface area contributed by atoms with Gasteiger partial charge >= 0.3 is 5.97 Å². The van der Waals surface area contributed by atoms with Crippen molar-refractivity contribution in [2.24, 2.45) is 0 Å². The van der Waals surface area contributed by atoms with Gasteiger partial charge in [-0.2, -0.15) is 0 Å². The van der Waals surface area contributed by atoms with Crippen molar-refractivity contribution in [3.63, 3.8) is 0 Å². The summed E-state index contributed by atoms with van der Waals surface area (Å²) in [4.78, 5) is 11.4. The molecule has 0 bridgehead atoms. The van der Waals surface area contributed by atoms with E-state index < -0.39 is 0 Å². The highest BCUT2D eigenvalue weighted by molar-refractivity contribution is 5.89. The Morgan fingerprint density at radius 2 is 2.33 bits per heavy atom. The molecular weight excluding hydrogens is 188 g/mol. The molecule has 0 saturated heterocycles. The number of ether oxygens (including phenoxy) is 1. The van der Waals surface area contributed by atoms with Crippen LogP contribution in [0.15, 0.2) is 24.3 Å². The predicted octanol–water partition coefficient (Wildman–Crippen LogP) is 2.43. The molecular formula is C13H14O2. The standard InChI is InChI=1S/C13H14O2/c1-3-5-7-11-8-6-9-12(10-11)13(14)15-4-2/h1,6,8-10H,4-5,7H2,2H3. The highest BCUT2D eigenvalue weighted by Crippen LogP contribution is 2.08. The molecule has 0 N–H and O–H groups in total. The topological polar surface area (TPSA) is 26.3 Å². The van der Waals surface area contributed by atoms with Crippen molar-refractivity contribution in [2.45, 2.75) is 19.8 Å². The quantitative estimate of drug-likeness (QED) is 0.553. The normalized spacial score (nSPS) is 9.33. The van der Waals surface area contributed by atoms with Gasteiger partial charge in [-0.3, -0.25) is 0 Å². The Hall–Kier alpha value is -1.75. The van der Waals surface area contributed by atoms with Gasteiger partial charge in [0.2, 0.25) is 0 Å². The maximum atomic E-state index is 11.4. The number of carbonyl (C=O) groups is 1. The second-order valence-corrected chi connectivity index (χ2v) is 3.12. The summed E-state index contributed by atoms with van der Waals surface area (Å²) in [5.41, 5.74) is 1.66. The van der Waals surface area contributed by atoms with Gasteiger partial charge in [0.1, 0.15) is 0 Å². The zero-order valence-electron chi connectivity index (χ0n) is 8.82. The smallest absolute Gasteiger partial charge is 0.338 e. The lowest BCUT2D eigenvalue weighted by atomic mass is 10.1. The molecule has 1 aromatic carbocycles. The van der Waals surface area contributed by atoms with Gasteiger partial charge in [-0.1, -0.05) is 12.1 Å². The van der Waals surface area contributed by atoms with E-state index in [0.717, 1.165) is 12.0 Å². The zero-order valence-corrected chi connectivity index (χ0v) is 8.82. The third kappa shape index (κ3) is 3.47. The second-order valence-electron chi connectivity index (χ2n) is 3.12. The highest BCUT2D eigenvalue weighted by Gasteiger charge is 2.05. The minimum atomic E-state index is -0.278. The van der Waals surface area contributed by atoms with Crippen LogP contribution in [0.5, 0.6) is 0 Å². The summed E-state index contributed by atoms with van der Waals surface area (Å²) in [6, 6.07) is 7.38. The van der Waals surface area contributed by atoms with E-state index in [1.54, 1.807) is 13.0 Å². The number of esters is 1. The van der Waals surface area contributed by atoms with E-state index in [4.69, 9.17) is 11.2 Å². The summed E-state index contributed by atoms with van der Waals surface area (Å²) in [5, 5.41) is 0. The summed E-state index contributed by atoms with van der Waals surface area (Å²) in [5.74, 6) is 2.30. The van der Waals surface area contributed by atoms with Crippen molar-refractivity contribution >= 4 is 5.97 Å². The lowest BCUT2D eigenvalue weighted by Crippen LogP contribution is -2.04. The molecule has 2 heteroatoms. The molecule has 0 aromatic heterocycles. The van der Waals surface area contributed by atoms with E-state index in [1.165, 1.54) is 0 Å². The van der Waals surface area contributed by atoms with Crippen LogP contribution in [0.25, 0.3) is 0 Å². The molecule has 0 spiro atoms. The minimum absolute atomic E-state index is 0.278. The minimum Gasteiger partial charge on any atom is -0.462 e. The van der Waals surface area contributed by atoms with E-state index >= 15 is 0 Å². The first-order chi connectivity index (χ1) is 7.27. The van der Waals surface area contributed by atoms with Crippen LogP contribution >= 0.6 is 0 Å². The molecule has 0 unspecified atom stereocenters. The Bertz CT molecular complexity index is 374. The fraction of sp³-hybridized carbons (Fsp3) is 0.308. The van der Waals surface area contributed by atoms with Gasteiger partial charge in [-0.05, 0) is 31.0 Å². The van der Waals surface area contributed by atoms with Gasteiger partial charge in [0.15, 0.2) is 0 Å². The predicted molar refractivity (Wildman–Crippen MR) is 59.6 cm³/mol. The van der Waals surface area contributed by atoms with Crippen LogP contribution in [-0.4, -0.2) is 12.6 Å². The number of aryl methyl sites for hydroxylation is 1. The Morgan fingerprint density at radius 3 is 3.00 bits per heavy atom. The van der Waals surface area contributed by atoms with Crippen LogP contribution in [0.4, 0.5) is 0 Å². The lowest BCUT2D eigenvalue weighted by Gasteiger charge is -2.03. The average molecular weight is 202 g/mol.